The van der Waals surface area contributed by atoms with Crippen molar-refractivity contribution in [3.8, 4) is 5.88 Å². The molecule has 4 heterocycles. The van der Waals surface area contributed by atoms with E-state index in [1.807, 2.05) is 6.92 Å². The molecule has 0 saturated carbocycles. The number of ether oxygens (including phenoxy) is 1. The fourth-order valence-electron chi connectivity index (χ4n) is 4.35. The summed E-state index contributed by atoms with van der Waals surface area (Å²) in [7, 11) is 0. The van der Waals surface area contributed by atoms with Gasteiger partial charge in [0.1, 0.15) is 11.7 Å². The lowest BCUT2D eigenvalue weighted by molar-refractivity contribution is -0.139. The number of amides is 2. The Morgan fingerprint density at radius 3 is 2.85 bits per heavy atom. The van der Waals surface area contributed by atoms with Crippen molar-refractivity contribution in [2.45, 2.75) is 38.5 Å². The van der Waals surface area contributed by atoms with E-state index in [2.05, 4.69) is 22.4 Å². The third-order valence-electron chi connectivity index (χ3n) is 6.15. The van der Waals surface area contributed by atoms with Gasteiger partial charge < -0.3 is 25.0 Å². The largest absolute Gasteiger partial charge is 0.481 e. The standard InChI is InChI=1S/C24H31N5O4/c1-2-33-21-10-8-18(15-26-21)20(23(30)31)16-29-14-13-28(24(29)32)12-4-6-19-9-7-17-5-3-11-25-22(17)27-19/h7-10,15,20H,2-6,11-14,16H2,1H3,(H,25,27)(H,30,31)/t20-/m1/s1. The Morgan fingerprint density at radius 2 is 2.09 bits per heavy atom. The van der Waals surface area contributed by atoms with Gasteiger partial charge in [-0.15, -0.1) is 0 Å². The average Bonchev–Trinajstić information content (AvgIpc) is 3.17. The van der Waals surface area contributed by atoms with E-state index in [1.54, 1.807) is 21.9 Å². The molecule has 2 amide bonds. The summed E-state index contributed by atoms with van der Waals surface area (Å²) >= 11 is 0. The van der Waals surface area contributed by atoms with Crippen LogP contribution in [0.1, 0.15) is 42.5 Å². The SMILES string of the molecule is CCOc1ccc([C@@H](CN2CCN(CCCc3ccc4c(n3)NCCC4)C2=O)C(=O)O)cn1. The predicted molar refractivity (Wildman–Crippen MR) is 124 cm³/mol. The molecule has 9 heteroatoms. The molecule has 0 aromatic carbocycles. The van der Waals surface area contributed by atoms with Crippen LogP contribution in [0.15, 0.2) is 30.5 Å². The monoisotopic (exact) mass is 453 g/mol. The van der Waals surface area contributed by atoms with E-state index in [-0.39, 0.29) is 12.6 Å². The van der Waals surface area contributed by atoms with Gasteiger partial charge in [0, 0.05) is 50.7 Å². The first-order valence-electron chi connectivity index (χ1n) is 11.6. The van der Waals surface area contributed by atoms with Crippen molar-refractivity contribution < 1.29 is 19.4 Å². The molecule has 1 saturated heterocycles. The summed E-state index contributed by atoms with van der Waals surface area (Å²) in [5.74, 6) is -0.354. The second-order valence-corrected chi connectivity index (χ2v) is 8.41. The molecule has 0 radical (unpaired) electrons. The van der Waals surface area contributed by atoms with Crippen LogP contribution in [-0.2, 0) is 17.6 Å². The molecule has 0 aliphatic carbocycles. The Morgan fingerprint density at radius 1 is 1.24 bits per heavy atom. The predicted octanol–water partition coefficient (Wildman–Crippen LogP) is 2.77. The number of pyridine rings is 2. The van der Waals surface area contributed by atoms with Gasteiger partial charge in [-0.25, -0.2) is 14.8 Å². The number of hydrogen-bond donors (Lipinski definition) is 2. The Kier molecular flexibility index (Phi) is 7.26. The number of rotatable bonds is 10. The number of carbonyl (C=O) groups excluding carboxylic acids is 1. The normalized spacial score (nSPS) is 16.3. The lowest BCUT2D eigenvalue weighted by Crippen LogP contribution is -2.36. The van der Waals surface area contributed by atoms with Crippen LogP contribution in [0.5, 0.6) is 5.88 Å². The number of carboxylic acid groups (broad SMARTS) is 1. The van der Waals surface area contributed by atoms with Gasteiger partial charge in [0.2, 0.25) is 5.88 Å². The van der Waals surface area contributed by atoms with Crippen molar-refractivity contribution in [1.82, 2.24) is 19.8 Å². The van der Waals surface area contributed by atoms with Crippen LogP contribution < -0.4 is 10.1 Å². The Labute approximate surface area is 193 Å². The number of nitrogens with zero attached hydrogens (tertiary/aromatic N) is 4. The molecule has 9 nitrogen and oxygen atoms in total. The summed E-state index contributed by atoms with van der Waals surface area (Å²) in [6.07, 6.45) is 5.34. The Bertz CT molecular complexity index is 981. The first-order chi connectivity index (χ1) is 16.0. The van der Waals surface area contributed by atoms with Crippen LogP contribution in [0.3, 0.4) is 0 Å². The fourth-order valence-corrected chi connectivity index (χ4v) is 4.35. The summed E-state index contributed by atoms with van der Waals surface area (Å²) in [5.41, 5.74) is 2.86. The molecule has 2 aromatic rings. The number of fused-ring (bicyclic) bond motifs is 1. The molecular weight excluding hydrogens is 422 g/mol. The lowest BCUT2D eigenvalue weighted by atomic mass is 10.0. The molecule has 176 valence electrons. The van der Waals surface area contributed by atoms with Crippen molar-refractivity contribution in [2.75, 3.05) is 44.6 Å². The number of anilines is 1. The van der Waals surface area contributed by atoms with E-state index in [0.29, 0.717) is 37.7 Å². The number of urea groups is 1. The second-order valence-electron chi connectivity index (χ2n) is 8.41. The fraction of sp³-hybridized carbons (Fsp3) is 0.500. The zero-order valence-electron chi connectivity index (χ0n) is 19.0. The van der Waals surface area contributed by atoms with Gasteiger partial charge in [-0.2, -0.15) is 0 Å². The molecule has 33 heavy (non-hydrogen) atoms. The average molecular weight is 454 g/mol. The molecule has 2 aliphatic rings. The maximum absolute atomic E-state index is 12.9. The molecule has 2 aliphatic heterocycles. The number of carboxylic acids is 1. The second kappa shape index (κ2) is 10.5. The highest BCUT2D eigenvalue weighted by Crippen LogP contribution is 2.23. The molecule has 0 unspecified atom stereocenters. The summed E-state index contributed by atoms with van der Waals surface area (Å²) in [6.45, 7) is 5.20. The van der Waals surface area contributed by atoms with Gasteiger partial charge in [0.05, 0.1) is 6.61 Å². The smallest absolute Gasteiger partial charge is 0.320 e. The van der Waals surface area contributed by atoms with Crippen molar-refractivity contribution in [3.05, 3.63) is 47.3 Å². The van der Waals surface area contributed by atoms with Crippen molar-refractivity contribution in [1.29, 1.82) is 0 Å². The number of nitrogens with one attached hydrogen (secondary N) is 1. The molecular formula is C24H31N5O4. The minimum Gasteiger partial charge on any atom is -0.481 e. The number of aryl methyl sites for hydroxylation is 2. The first kappa shape index (κ1) is 22.8. The highest BCUT2D eigenvalue weighted by atomic mass is 16.5. The quantitative estimate of drug-likeness (QED) is 0.569. The highest BCUT2D eigenvalue weighted by molar-refractivity contribution is 5.80. The number of aliphatic carboxylic acids is 1. The minimum atomic E-state index is -0.973. The van der Waals surface area contributed by atoms with Crippen LogP contribution in [0.25, 0.3) is 0 Å². The molecule has 2 aromatic heterocycles. The Balaban J connectivity index is 1.30. The van der Waals surface area contributed by atoms with E-state index in [0.717, 1.165) is 43.7 Å². The van der Waals surface area contributed by atoms with Crippen molar-refractivity contribution in [2.24, 2.45) is 0 Å². The van der Waals surface area contributed by atoms with E-state index in [4.69, 9.17) is 9.72 Å². The highest BCUT2D eigenvalue weighted by Gasteiger charge is 2.32. The van der Waals surface area contributed by atoms with Gasteiger partial charge >= 0.3 is 12.0 Å². The van der Waals surface area contributed by atoms with Crippen LogP contribution in [-0.4, -0.2) is 76.2 Å². The van der Waals surface area contributed by atoms with Crippen LogP contribution in [0, 0.1) is 0 Å². The summed E-state index contributed by atoms with van der Waals surface area (Å²) in [4.78, 5) is 37.1. The Hall–Kier alpha value is -3.36. The van der Waals surface area contributed by atoms with Crippen LogP contribution >= 0.6 is 0 Å². The molecule has 1 atom stereocenters. The summed E-state index contributed by atoms with van der Waals surface area (Å²) in [5, 5.41) is 13.1. The maximum atomic E-state index is 12.9. The van der Waals surface area contributed by atoms with Crippen LogP contribution in [0.4, 0.5) is 10.6 Å². The van der Waals surface area contributed by atoms with E-state index in [1.165, 1.54) is 11.8 Å². The third kappa shape index (κ3) is 5.53. The van der Waals surface area contributed by atoms with Gasteiger partial charge in [-0.05, 0) is 49.8 Å². The van der Waals surface area contributed by atoms with Crippen LogP contribution in [0.2, 0.25) is 0 Å². The zero-order valence-corrected chi connectivity index (χ0v) is 19.0. The van der Waals surface area contributed by atoms with Gasteiger partial charge in [0.15, 0.2) is 0 Å². The molecule has 2 N–H and O–H groups in total. The van der Waals surface area contributed by atoms with Crippen molar-refractivity contribution >= 4 is 17.8 Å². The van der Waals surface area contributed by atoms with Gasteiger partial charge in [0.25, 0.3) is 0 Å². The zero-order chi connectivity index (χ0) is 23.2. The van der Waals surface area contributed by atoms with Gasteiger partial charge in [-0.3, -0.25) is 4.79 Å². The number of aromatic nitrogens is 2. The van der Waals surface area contributed by atoms with E-state index in [9.17, 15) is 14.7 Å². The molecule has 0 bridgehead atoms. The van der Waals surface area contributed by atoms with E-state index >= 15 is 0 Å². The summed E-state index contributed by atoms with van der Waals surface area (Å²) < 4.78 is 5.32. The molecule has 1 fully saturated rings. The van der Waals surface area contributed by atoms with Gasteiger partial charge in [-0.1, -0.05) is 12.1 Å². The maximum Gasteiger partial charge on any atom is 0.320 e. The minimum absolute atomic E-state index is 0.111. The lowest BCUT2D eigenvalue weighted by Gasteiger charge is -2.22. The molecule has 4 rings (SSSR count). The first-order valence-corrected chi connectivity index (χ1v) is 11.6. The number of hydrogen-bond acceptors (Lipinski definition) is 6. The third-order valence-corrected chi connectivity index (χ3v) is 6.15. The summed E-state index contributed by atoms with van der Waals surface area (Å²) in [6, 6.07) is 7.48. The topological polar surface area (TPSA) is 108 Å². The van der Waals surface area contributed by atoms with E-state index < -0.39 is 11.9 Å². The van der Waals surface area contributed by atoms with Crippen molar-refractivity contribution in [3.63, 3.8) is 0 Å². The number of carbonyl (C=O) groups is 2. The molecule has 0 spiro atoms.